The first-order chi connectivity index (χ1) is 15.8. The number of para-hydroxylation sites is 1. The number of sulfonamides is 1. The van der Waals surface area contributed by atoms with Crippen molar-refractivity contribution in [1.29, 1.82) is 0 Å². The van der Waals surface area contributed by atoms with Crippen molar-refractivity contribution in [2.75, 3.05) is 18.4 Å². The number of methoxy groups -OCH3 is 1. The molecule has 0 heterocycles. The predicted molar refractivity (Wildman–Crippen MR) is 119 cm³/mol. The van der Waals surface area contributed by atoms with E-state index >= 15 is 0 Å². The highest BCUT2D eigenvalue weighted by Crippen LogP contribution is 2.21. The molecule has 0 fully saturated rings. The molecule has 8 nitrogen and oxygen atoms in total. The first-order valence-corrected chi connectivity index (χ1v) is 11.2. The molecule has 1 amide bonds. The van der Waals surface area contributed by atoms with E-state index in [4.69, 9.17) is 9.47 Å². The van der Waals surface area contributed by atoms with Gasteiger partial charge in [0.15, 0.2) is 6.61 Å². The minimum Gasteiger partial charge on any atom is -0.497 e. The fourth-order valence-electron chi connectivity index (χ4n) is 2.81. The van der Waals surface area contributed by atoms with Crippen LogP contribution in [0.25, 0.3) is 0 Å². The van der Waals surface area contributed by atoms with E-state index in [0.29, 0.717) is 5.75 Å². The Hall–Kier alpha value is -3.92. The minimum absolute atomic E-state index is 0.0383. The maximum Gasteiger partial charge on any atom is 0.340 e. The van der Waals surface area contributed by atoms with Gasteiger partial charge >= 0.3 is 5.97 Å². The third-order valence-corrected chi connectivity index (χ3v) is 5.85. The molecular formula is C23H21FN2O6S. The van der Waals surface area contributed by atoms with Gasteiger partial charge in [-0.1, -0.05) is 24.3 Å². The van der Waals surface area contributed by atoms with Gasteiger partial charge in [0.25, 0.3) is 15.9 Å². The highest BCUT2D eigenvalue weighted by molar-refractivity contribution is 7.92. The number of halogens is 1. The van der Waals surface area contributed by atoms with Gasteiger partial charge in [-0.15, -0.1) is 0 Å². The van der Waals surface area contributed by atoms with Crippen LogP contribution in [0, 0.1) is 5.82 Å². The maximum atomic E-state index is 13.1. The number of amides is 1. The molecule has 0 saturated heterocycles. The second kappa shape index (κ2) is 10.6. The number of rotatable bonds is 9. The first kappa shape index (κ1) is 23.7. The molecule has 3 rings (SSSR count). The van der Waals surface area contributed by atoms with E-state index in [1.54, 1.807) is 24.3 Å². The van der Waals surface area contributed by atoms with Crippen LogP contribution >= 0.6 is 0 Å². The molecular weight excluding hydrogens is 451 g/mol. The molecule has 2 N–H and O–H groups in total. The van der Waals surface area contributed by atoms with Crippen LogP contribution in [-0.2, 0) is 26.1 Å². The first-order valence-electron chi connectivity index (χ1n) is 9.72. The molecule has 0 bridgehead atoms. The Morgan fingerprint density at radius 2 is 1.70 bits per heavy atom. The molecule has 3 aromatic rings. The largest absolute Gasteiger partial charge is 0.497 e. The molecule has 0 aromatic heterocycles. The van der Waals surface area contributed by atoms with Gasteiger partial charge in [0, 0.05) is 6.54 Å². The summed E-state index contributed by atoms with van der Waals surface area (Å²) in [6, 6.07) is 17.1. The number of esters is 1. The summed E-state index contributed by atoms with van der Waals surface area (Å²) in [6.07, 6.45) is 0. The normalized spacial score (nSPS) is 10.8. The third kappa shape index (κ3) is 6.53. The van der Waals surface area contributed by atoms with Crippen LogP contribution in [0.3, 0.4) is 0 Å². The number of hydrogen-bond donors (Lipinski definition) is 2. The summed E-state index contributed by atoms with van der Waals surface area (Å²) in [5.74, 6) is -1.35. The summed E-state index contributed by atoms with van der Waals surface area (Å²) < 4.78 is 50.7. The second-order valence-corrected chi connectivity index (χ2v) is 8.49. The Bertz CT molecular complexity index is 1250. The molecule has 0 aliphatic heterocycles. The van der Waals surface area contributed by atoms with Crippen molar-refractivity contribution in [2.24, 2.45) is 0 Å². The van der Waals surface area contributed by atoms with Crippen molar-refractivity contribution in [3.8, 4) is 5.75 Å². The zero-order valence-corrected chi connectivity index (χ0v) is 18.4. The number of benzene rings is 3. The molecule has 0 atom stereocenters. The molecule has 0 saturated carbocycles. The Kier molecular flexibility index (Phi) is 7.62. The maximum absolute atomic E-state index is 13.1. The molecule has 0 unspecified atom stereocenters. The number of nitrogens with one attached hydrogen (secondary N) is 2. The Morgan fingerprint density at radius 1 is 0.970 bits per heavy atom. The second-order valence-electron chi connectivity index (χ2n) is 6.81. The standard InChI is InChI=1S/C23H21FN2O6S/c1-31-18-6-4-5-16(13-18)14-25-22(27)15-32-23(28)20-7-2-3-8-21(20)26-33(29,30)19-11-9-17(24)10-12-19/h2-13,26H,14-15H2,1H3,(H,25,27). The summed E-state index contributed by atoms with van der Waals surface area (Å²) in [4.78, 5) is 24.4. The van der Waals surface area contributed by atoms with E-state index in [0.717, 1.165) is 29.8 Å². The molecule has 0 aliphatic carbocycles. The lowest BCUT2D eigenvalue weighted by Gasteiger charge is -2.12. The summed E-state index contributed by atoms with van der Waals surface area (Å²) >= 11 is 0. The van der Waals surface area contributed by atoms with Crippen LogP contribution in [0.1, 0.15) is 15.9 Å². The van der Waals surface area contributed by atoms with Crippen molar-refractivity contribution in [1.82, 2.24) is 5.32 Å². The zero-order valence-electron chi connectivity index (χ0n) is 17.6. The monoisotopic (exact) mass is 472 g/mol. The molecule has 33 heavy (non-hydrogen) atoms. The highest BCUT2D eigenvalue weighted by atomic mass is 32.2. The van der Waals surface area contributed by atoms with Crippen molar-refractivity contribution >= 4 is 27.6 Å². The van der Waals surface area contributed by atoms with Gasteiger partial charge in [0.1, 0.15) is 11.6 Å². The van der Waals surface area contributed by atoms with Gasteiger partial charge in [-0.2, -0.15) is 0 Å². The number of hydrogen-bond acceptors (Lipinski definition) is 6. The van der Waals surface area contributed by atoms with E-state index in [9.17, 15) is 22.4 Å². The summed E-state index contributed by atoms with van der Waals surface area (Å²) in [7, 11) is -2.54. The van der Waals surface area contributed by atoms with Gasteiger partial charge in [0.2, 0.25) is 0 Å². The van der Waals surface area contributed by atoms with Gasteiger partial charge < -0.3 is 14.8 Å². The van der Waals surface area contributed by atoms with Crippen LogP contribution in [-0.4, -0.2) is 34.0 Å². The summed E-state index contributed by atoms with van der Waals surface area (Å²) in [5.41, 5.74) is 0.682. The lowest BCUT2D eigenvalue weighted by molar-refractivity contribution is -0.124. The number of anilines is 1. The van der Waals surface area contributed by atoms with Crippen LogP contribution < -0.4 is 14.8 Å². The van der Waals surface area contributed by atoms with Crippen molar-refractivity contribution in [2.45, 2.75) is 11.4 Å². The predicted octanol–water partition coefficient (Wildman–Crippen LogP) is 3.11. The van der Waals surface area contributed by atoms with Crippen LogP contribution in [0.4, 0.5) is 10.1 Å². The van der Waals surface area contributed by atoms with Crippen LogP contribution in [0.5, 0.6) is 5.75 Å². The molecule has 0 aliphatic rings. The fraction of sp³-hybridized carbons (Fsp3) is 0.130. The number of carbonyl (C=O) groups is 2. The van der Waals surface area contributed by atoms with E-state index in [1.165, 1.54) is 31.4 Å². The van der Waals surface area contributed by atoms with E-state index in [1.807, 2.05) is 0 Å². The highest BCUT2D eigenvalue weighted by Gasteiger charge is 2.20. The number of carbonyl (C=O) groups excluding carboxylic acids is 2. The van der Waals surface area contributed by atoms with Crippen LogP contribution in [0.15, 0.2) is 77.7 Å². The average Bonchev–Trinajstić information content (AvgIpc) is 2.81. The molecule has 0 radical (unpaired) electrons. The van der Waals surface area contributed by atoms with Gasteiger partial charge in [0.05, 0.1) is 23.3 Å². The van der Waals surface area contributed by atoms with Crippen molar-refractivity contribution in [3.05, 3.63) is 89.7 Å². The smallest absolute Gasteiger partial charge is 0.340 e. The quantitative estimate of drug-likeness (QED) is 0.463. The van der Waals surface area contributed by atoms with Gasteiger partial charge in [-0.25, -0.2) is 17.6 Å². The van der Waals surface area contributed by atoms with Crippen molar-refractivity contribution < 1.29 is 31.9 Å². The SMILES string of the molecule is COc1cccc(CNC(=O)COC(=O)c2ccccc2NS(=O)(=O)c2ccc(F)cc2)c1. The number of ether oxygens (including phenoxy) is 2. The zero-order chi connectivity index (χ0) is 23.8. The molecule has 0 spiro atoms. The van der Waals surface area contributed by atoms with E-state index in [2.05, 4.69) is 10.0 Å². The summed E-state index contributed by atoms with van der Waals surface area (Å²) in [5, 5.41) is 2.62. The lowest BCUT2D eigenvalue weighted by Crippen LogP contribution is -2.28. The van der Waals surface area contributed by atoms with E-state index < -0.39 is 34.3 Å². The van der Waals surface area contributed by atoms with Crippen molar-refractivity contribution in [3.63, 3.8) is 0 Å². The third-order valence-electron chi connectivity index (χ3n) is 4.47. The average molecular weight is 472 g/mol. The van der Waals surface area contributed by atoms with Gasteiger partial charge in [-0.3, -0.25) is 9.52 Å². The topological polar surface area (TPSA) is 111 Å². The molecule has 3 aromatic carbocycles. The Labute approximate surface area is 190 Å². The van der Waals surface area contributed by atoms with E-state index in [-0.39, 0.29) is 22.7 Å². The summed E-state index contributed by atoms with van der Waals surface area (Å²) in [6.45, 7) is -0.344. The lowest BCUT2D eigenvalue weighted by atomic mass is 10.2. The van der Waals surface area contributed by atoms with Gasteiger partial charge in [-0.05, 0) is 54.1 Å². The van der Waals surface area contributed by atoms with Crippen LogP contribution in [0.2, 0.25) is 0 Å². The Balaban J connectivity index is 1.61. The fourth-order valence-corrected chi connectivity index (χ4v) is 3.89. The molecule has 172 valence electrons. The molecule has 10 heteroatoms. The minimum atomic E-state index is -4.08. The Morgan fingerprint density at radius 3 is 2.42 bits per heavy atom.